The van der Waals surface area contributed by atoms with Crippen molar-refractivity contribution in [3.05, 3.63) is 0 Å². The van der Waals surface area contributed by atoms with Crippen LogP contribution in [0.1, 0.15) is 59.8 Å². The second-order valence-electron chi connectivity index (χ2n) is 6.12. The predicted molar refractivity (Wildman–Crippen MR) is 67.7 cm³/mol. The third-order valence-corrected chi connectivity index (χ3v) is 4.12. The lowest BCUT2D eigenvalue weighted by atomic mass is 9.68. The quantitative estimate of drug-likeness (QED) is 0.710. The van der Waals surface area contributed by atoms with E-state index in [9.17, 15) is 0 Å². The molecular formula is C14H29N. The van der Waals surface area contributed by atoms with Crippen molar-refractivity contribution in [3.8, 4) is 0 Å². The summed E-state index contributed by atoms with van der Waals surface area (Å²) in [4.78, 5) is 0. The Kier molecular flexibility index (Phi) is 5.11. The molecule has 0 spiro atoms. The van der Waals surface area contributed by atoms with Gasteiger partial charge in [0.1, 0.15) is 0 Å². The summed E-state index contributed by atoms with van der Waals surface area (Å²) in [6.07, 6.45) is 6.81. The molecule has 0 aromatic carbocycles. The fourth-order valence-corrected chi connectivity index (χ4v) is 2.85. The van der Waals surface area contributed by atoms with E-state index in [0.29, 0.717) is 12.0 Å². The highest BCUT2D eigenvalue weighted by atomic mass is 14.6. The van der Waals surface area contributed by atoms with Crippen LogP contribution in [0.3, 0.4) is 0 Å². The number of hydrogen-bond donors (Lipinski definition) is 1. The molecule has 2 atom stereocenters. The Morgan fingerprint density at radius 3 is 2.07 bits per heavy atom. The van der Waals surface area contributed by atoms with Crippen molar-refractivity contribution in [2.45, 2.75) is 65.8 Å². The summed E-state index contributed by atoms with van der Waals surface area (Å²) < 4.78 is 0. The third-order valence-electron chi connectivity index (χ3n) is 4.12. The van der Waals surface area contributed by atoms with Crippen molar-refractivity contribution in [1.82, 2.24) is 0 Å². The third kappa shape index (κ3) is 4.14. The molecule has 0 aromatic heterocycles. The van der Waals surface area contributed by atoms with Crippen molar-refractivity contribution in [3.63, 3.8) is 0 Å². The second kappa shape index (κ2) is 5.89. The molecule has 0 radical (unpaired) electrons. The zero-order valence-electron chi connectivity index (χ0n) is 11.0. The minimum atomic E-state index is 0.444. The molecule has 0 aliphatic heterocycles. The van der Waals surface area contributed by atoms with Gasteiger partial charge in [-0.1, -0.05) is 34.1 Å². The van der Waals surface area contributed by atoms with Crippen molar-refractivity contribution < 1.29 is 0 Å². The van der Waals surface area contributed by atoms with Crippen LogP contribution in [0.25, 0.3) is 0 Å². The molecule has 1 nitrogen and oxygen atoms in total. The molecule has 15 heavy (non-hydrogen) atoms. The molecule has 2 unspecified atom stereocenters. The van der Waals surface area contributed by atoms with E-state index < -0.39 is 0 Å². The maximum absolute atomic E-state index is 6.18. The molecule has 2 N–H and O–H groups in total. The van der Waals surface area contributed by atoms with Gasteiger partial charge < -0.3 is 5.73 Å². The first-order valence-corrected chi connectivity index (χ1v) is 6.78. The van der Waals surface area contributed by atoms with E-state index >= 15 is 0 Å². The van der Waals surface area contributed by atoms with Crippen LogP contribution in [0.4, 0.5) is 0 Å². The SMILES string of the molecule is CCC(C)C(N)CC1CC(CC(C)C)C1. The topological polar surface area (TPSA) is 26.0 Å². The summed E-state index contributed by atoms with van der Waals surface area (Å²) in [7, 11) is 0. The van der Waals surface area contributed by atoms with Gasteiger partial charge in [0.05, 0.1) is 0 Å². The van der Waals surface area contributed by atoms with Crippen LogP contribution < -0.4 is 5.73 Å². The molecule has 1 rings (SSSR count). The van der Waals surface area contributed by atoms with E-state index in [-0.39, 0.29) is 0 Å². The molecule has 1 aliphatic rings. The van der Waals surface area contributed by atoms with Crippen LogP contribution in [0.5, 0.6) is 0 Å². The minimum absolute atomic E-state index is 0.444. The first kappa shape index (κ1) is 13.0. The maximum atomic E-state index is 6.18. The summed E-state index contributed by atoms with van der Waals surface area (Å²) in [5, 5.41) is 0. The number of nitrogens with two attached hydrogens (primary N) is 1. The number of rotatable bonds is 6. The Balaban J connectivity index is 2.12. The first-order valence-electron chi connectivity index (χ1n) is 6.78. The minimum Gasteiger partial charge on any atom is -0.327 e. The van der Waals surface area contributed by atoms with Crippen LogP contribution in [0.2, 0.25) is 0 Å². The first-order chi connectivity index (χ1) is 7.02. The average Bonchev–Trinajstić information content (AvgIpc) is 2.12. The van der Waals surface area contributed by atoms with Crippen molar-refractivity contribution in [1.29, 1.82) is 0 Å². The van der Waals surface area contributed by atoms with E-state index in [0.717, 1.165) is 17.8 Å². The highest BCUT2D eigenvalue weighted by molar-refractivity contribution is 4.84. The van der Waals surface area contributed by atoms with E-state index in [1.54, 1.807) is 0 Å². The standard InChI is InChI=1S/C14H29N/c1-5-11(4)14(15)9-13-7-12(8-13)6-10(2)3/h10-14H,5-9,15H2,1-4H3. The second-order valence-corrected chi connectivity index (χ2v) is 6.12. The molecule has 0 aromatic rings. The maximum Gasteiger partial charge on any atom is 0.00670 e. The van der Waals surface area contributed by atoms with Crippen LogP contribution >= 0.6 is 0 Å². The van der Waals surface area contributed by atoms with Gasteiger partial charge in [-0.2, -0.15) is 0 Å². The van der Waals surface area contributed by atoms with Gasteiger partial charge in [0, 0.05) is 6.04 Å². The molecule has 0 bridgehead atoms. The van der Waals surface area contributed by atoms with E-state index in [2.05, 4.69) is 27.7 Å². The zero-order valence-corrected chi connectivity index (χ0v) is 11.0. The Morgan fingerprint density at radius 1 is 1.07 bits per heavy atom. The predicted octanol–water partition coefficient (Wildman–Crippen LogP) is 3.82. The molecule has 1 fully saturated rings. The summed E-state index contributed by atoms with van der Waals surface area (Å²) in [5.74, 6) is 3.53. The molecule has 1 aliphatic carbocycles. The van der Waals surface area contributed by atoms with Crippen molar-refractivity contribution in [2.24, 2.45) is 29.4 Å². The molecule has 0 heterocycles. The van der Waals surface area contributed by atoms with Crippen molar-refractivity contribution in [2.75, 3.05) is 0 Å². The molecule has 0 amide bonds. The summed E-state index contributed by atoms with van der Waals surface area (Å²) in [6.45, 7) is 9.19. The van der Waals surface area contributed by atoms with E-state index in [1.807, 2.05) is 0 Å². The van der Waals surface area contributed by atoms with Gasteiger partial charge in [0.15, 0.2) is 0 Å². The van der Waals surface area contributed by atoms with Gasteiger partial charge in [0.2, 0.25) is 0 Å². The summed E-state index contributed by atoms with van der Waals surface area (Å²) in [5.41, 5.74) is 6.18. The highest BCUT2D eigenvalue weighted by Gasteiger charge is 2.31. The monoisotopic (exact) mass is 211 g/mol. The zero-order chi connectivity index (χ0) is 11.4. The Hall–Kier alpha value is -0.0400. The van der Waals surface area contributed by atoms with Gasteiger partial charge >= 0.3 is 0 Å². The highest BCUT2D eigenvalue weighted by Crippen LogP contribution is 2.40. The fraction of sp³-hybridized carbons (Fsp3) is 1.00. The summed E-state index contributed by atoms with van der Waals surface area (Å²) >= 11 is 0. The van der Waals surface area contributed by atoms with Crippen LogP contribution in [-0.4, -0.2) is 6.04 Å². The summed E-state index contributed by atoms with van der Waals surface area (Å²) in [6, 6.07) is 0.444. The largest absolute Gasteiger partial charge is 0.327 e. The van der Waals surface area contributed by atoms with Crippen LogP contribution in [-0.2, 0) is 0 Å². The smallest absolute Gasteiger partial charge is 0.00670 e. The van der Waals surface area contributed by atoms with Gasteiger partial charge in [-0.15, -0.1) is 0 Å². The number of hydrogen-bond acceptors (Lipinski definition) is 1. The average molecular weight is 211 g/mol. The van der Waals surface area contributed by atoms with Crippen molar-refractivity contribution >= 4 is 0 Å². The van der Waals surface area contributed by atoms with Crippen LogP contribution in [0.15, 0.2) is 0 Å². The molecule has 1 saturated carbocycles. The van der Waals surface area contributed by atoms with E-state index in [1.165, 1.54) is 32.1 Å². The lowest BCUT2D eigenvalue weighted by molar-refractivity contribution is 0.140. The lowest BCUT2D eigenvalue weighted by Gasteiger charge is -2.38. The molecule has 1 heteroatoms. The lowest BCUT2D eigenvalue weighted by Crippen LogP contribution is -2.35. The molecular weight excluding hydrogens is 182 g/mol. The van der Waals surface area contributed by atoms with Crippen LogP contribution in [0, 0.1) is 23.7 Å². The Bertz CT molecular complexity index is 170. The fourth-order valence-electron chi connectivity index (χ4n) is 2.85. The normalized spacial score (nSPS) is 30.0. The Morgan fingerprint density at radius 2 is 1.60 bits per heavy atom. The molecule has 0 saturated heterocycles. The van der Waals surface area contributed by atoms with E-state index in [4.69, 9.17) is 5.73 Å². The Labute approximate surface area is 95.8 Å². The molecule has 90 valence electrons. The van der Waals surface area contributed by atoms with Gasteiger partial charge in [-0.3, -0.25) is 0 Å². The van der Waals surface area contributed by atoms with Gasteiger partial charge in [-0.25, -0.2) is 0 Å². The van der Waals surface area contributed by atoms with Gasteiger partial charge in [-0.05, 0) is 49.4 Å². The van der Waals surface area contributed by atoms with Gasteiger partial charge in [0.25, 0.3) is 0 Å².